The average Bonchev–Trinajstić information content (AvgIpc) is 3.26. The molecule has 0 aliphatic heterocycles. The van der Waals surface area contributed by atoms with Gasteiger partial charge >= 0.3 is 0 Å². The lowest BCUT2D eigenvalue weighted by molar-refractivity contribution is 0.0939. The number of hydrogen-bond donors (Lipinski definition) is 1. The largest absolute Gasteiger partial charge is 0.459 e. The van der Waals surface area contributed by atoms with Crippen molar-refractivity contribution in [3.8, 4) is 0 Å². The smallest absolute Gasteiger partial charge is 0.255 e. The fourth-order valence-corrected chi connectivity index (χ4v) is 2.86. The number of furan rings is 1. The normalized spacial score (nSPS) is 12.2. The van der Waals surface area contributed by atoms with Gasteiger partial charge in [-0.25, -0.2) is 0 Å². The van der Waals surface area contributed by atoms with Crippen molar-refractivity contribution in [2.45, 2.75) is 6.04 Å². The summed E-state index contributed by atoms with van der Waals surface area (Å²) in [5.41, 5.74) is 2.27. The zero-order valence-corrected chi connectivity index (χ0v) is 13.7. The molecule has 124 valence electrons. The first kappa shape index (κ1) is 15.2. The quantitative estimate of drug-likeness (QED) is 0.620. The number of aryl methyl sites for hydroxylation is 1. The van der Waals surface area contributed by atoms with E-state index in [2.05, 4.69) is 10.4 Å². The average molecular weight is 331 g/mol. The number of fused-ring (bicyclic) bond motifs is 1. The van der Waals surface area contributed by atoms with E-state index in [0.717, 1.165) is 16.5 Å². The third-order valence-electron chi connectivity index (χ3n) is 4.10. The van der Waals surface area contributed by atoms with E-state index in [0.29, 0.717) is 11.3 Å². The maximum absolute atomic E-state index is 12.6. The van der Waals surface area contributed by atoms with E-state index in [4.69, 9.17) is 4.42 Å². The molecule has 0 aliphatic rings. The van der Waals surface area contributed by atoms with Crippen LogP contribution in [0.3, 0.4) is 0 Å². The van der Waals surface area contributed by atoms with Gasteiger partial charge in [-0.2, -0.15) is 5.10 Å². The summed E-state index contributed by atoms with van der Waals surface area (Å²) < 4.78 is 7.60. The predicted molar refractivity (Wildman–Crippen MR) is 95.2 cm³/mol. The molecule has 2 aromatic carbocycles. The highest BCUT2D eigenvalue weighted by Gasteiger charge is 2.22. The SMILES string of the molecule is Cn1cc(C(=O)N[C@H](c2ccccc2)c2cc3ccccc3o2)cn1. The molecule has 4 rings (SSSR count). The summed E-state index contributed by atoms with van der Waals surface area (Å²) in [5.74, 6) is 0.507. The Morgan fingerprint density at radius 2 is 1.88 bits per heavy atom. The van der Waals surface area contributed by atoms with Crippen molar-refractivity contribution in [3.63, 3.8) is 0 Å². The Hall–Kier alpha value is -3.34. The van der Waals surface area contributed by atoms with Gasteiger partial charge in [0.15, 0.2) is 0 Å². The third kappa shape index (κ3) is 3.04. The number of nitrogens with zero attached hydrogens (tertiary/aromatic N) is 2. The molecule has 4 aromatic rings. The molecule has 0 aliphatic carbocycles. The first-order valence-electron chi connectivity index (χ1n) is 8.03. The maximum Gasteiger partial charge on any atom is 0.255 e. The summed E-state index contributed by atoms with van der Waals surface area (Å²) in [4.78, 5) is 12.6. The molecular weight excluding hydrogens is 314 g/mol. The molecule has 0 saturated carbocycles. The number of benzene rings is 2. The summed E-state index contributed by atoms with van der Waals surface area (Å²) in [5, 5.41) is 8.12. The molecule has 2 heterocycles. The third-order valence-corrected chi connectivity index (χ3v) is 4.10. The second-order valence-electron chi connectivity index (χ2n) is 5.91. The minimum absolute atomic E-state index is 0.192. The van der Waals surface area contributed by atoms with Crippen LogP contribution in [0.15, 0.2) is 77.5 Å². The topological polar surface area (TPSA) is 60.1 Å². The van der Waals surface area contributed by atoms with Crippen molar-refractivity contribution >= 4 is 16.9 Å². The highest BCUT2D eigenvalue weighted by Crippen LogP contribution is 2.28. The van der Waals surface area contributed by atoms with Crippen LogP contribution in [0.25, 0.3) is 11.0 Å². The number of aromatic nitrogens is 2. The van der Waals surface area contributed by atoms with Gasteiger partial charge in [0, 0.05) is 18.6 Å². The van der Waals surface area contributed by atoms with E-state index in [1.807, 2.05) is 60.7 Å². The molecule has 25 heavy (non-hydrogen) atoms. The van der Waals surface area contributed by atoms with Gasteiger partial charge in [-0.1, -0.05) is 48.5 Å². The van der Waals surface area contributed by atoms with Crippen LogP contribution in [-0.4, -0.2) is 15.7 Å². The highest BCUT2D eigenvalue weighted by atomic mass is 16.3. The number of nitrogens with one attached hydrogen (secondary N) is 1. The van der Waals surface area contributed by atoms with Gasteiger partial charge in [0.1, 0.15) is 17.4 Å². The number of rotatable bonds is 4. The van der Waals surface area contributed by atoms with Crippen LogP contribution in [0.1, 0.15) is 27.7 Å². The van der Waals surface area contributed by atoms with E-state index < -0.39 is 0 Å². The minimum atomic E-state index is -0.374. The van der Waals surface area contributed by atoms with Gasteiger partial charge in [0.2, 0.25) is 0 Å². The van der Waals surface area contributed by atoms with Crippen molar-refractivity contribution in [2.24, 2.45) is 7.05 Å². The van der Waals surface area contributed by atoms with Crippen molar-refractivity contribution in [1.82, 2.24) is 15.1 Å². The van der Waals surface area contributed by atoms with Crippen molar-refractivity contribution < 1.29 is 9.21 Å². The number of para-hydroxylation sites is 1. The van der Waals surface area contributed by atoms with Gasteiger partial charge in [-0.15, -0.1) is 0 Å². The number of carbonyl (C=O) groups is 1. The van der Waals surface area contributed by atoms with Crippen LogP contribution in [-0.2, 0) is 7.05 Å². The lowest BCUT2D eigenvalue weighted by Crippen LogP contribution is -2.28. The zero-order valence-electron chi connectivity index (χ0n) is 13.7. The second-order valence-corrected chi connectivity index (χ2v) is 5.91. The first-order valence-corrected chi connectivity index (χ1v) is 8.03. The molecule has 1 atom stereocenters. The molecule has 0 fully saturated rings. The molecule has 1 N–H and O–H groups in total. The zero-order chi connectivity index (χ0) is 17.2. The monoisotopic (exact) mass is 331 g/mol. The summed E-state index contributed by atoms with van der Waals surface area (Å²) in [6, 6.07) is 19.2. The lowest BCUT2D eigenvalue weighted by atomic mass is 10.0. The van der Waals surface area contributed by atoms with Gasteiger partial charge in [-0.3, -0.25) is 9.48 Å². The Morgan fingerprint density at radius 1 is 1.12 bits per heavy atom. The van der Waals surface area contributed by atoms with E-state index in [9.17, 15) is 4.79 Å². The van der Waals surface area contributed by atoms with Gasteiger partial charge < -0.3 is 9.73 Å². The number of carbonyl (C=O) groups excluding carboxylic acids is 1. The van der Waals surface area contributed by atoms with Crippen LogP contribution < -0.4 is 5.32 Å². The van der Waals surface area contributed by atoms with Crippen LogP contribution in [0.4, 0.5) is 0 Å². The Morgan fingerprint density at radius 3 is 2.60 bits per heavy atom. The summed E-state index contributed by atoms with van der Waals surface area (Å²) in [7, 11) is 1.78. The molecule has 0 spiro atoms. The molecule has 2 aromatic heterocycles. The van der Waals surface area contributed by atoms with Crippen molar-refractivity contribution in [1.29, 1.82) is 0 Å². The lowest BCUT2D eigenvalue weighted by Gasteiger charge is -2.16. The minimum Gasteiger partial charge on any atom is -0.459 e. The highest BCUT2D eigenvalue weighted by molar-refractivity contribution is 5.94. The molecule has 5 heteroatoms. The maximum atomic E-state index is 12.6. The van der Waals surface area contributed by atoms with Gasteiger partial charge in [-0.05, 0) is 17.7 Å². The van der Waals surface area contributed by atoms with E-state index >= 15 is 0 Å². The molecular formula is C20H17N3O2. The summed E-state index contributed by atoms with van der Waals surface area (Å²) in [6.07, 6.45) is 3.24. The molecule has 5 nitrogen and oxygen atoms in total. The van der Waals surface area contributed by atoms with Crippen molar-refractivity contribution in [3.05, 3.63) is 89.9 Å². The first-order chi connectivity index (χ1) is 12.2. The second kappa shape index (κ2) is 6.28. The van der Waals surface area contributed by atoms with Crippen LogP contribution in [0, 0.1) is 0 Å². The number of hydrogen-bond acceptors (Lipinski definition) is 3. The van der Waals surface area contributed by atoms with Crippen LogP contribution in [0.5, 0.6) is 0 Å². The fraction of sp³-hybridized carbons (Fsp3) is 0.100. The molecule has 0 unspecified atom stereocenters. The fourth-order valence-electron chi connectivity index (χ4n) is 2.86. The Balaban J connectivity index is 1.72. The van der Waals surface area contributed by atoms with Crippen LogP contribution in [0.2, 0.25) is 0 Å². The Bertz CT molecular complexity index is 985. The Labute approximate surface area is 144 Å². The van der Waals surface area contributed by atoms with E-state index in [1.54, 1.807) is 24.1 Å². The summed E-state index contributed by atoms with van der Waals surface area (Å²) in [6.45, 7) is 0. The summed E-state index contributed by atoms with van der Waals surface area (Å²) >= 11 is 0. The van der Waals surface area contributed by atoms with Gasteiger partial charge in [0.25, 0.3) is 5.91 Å². The number of amides is 1. The molecule has 0 bridgehead atoms. The van der Waals surface area contributed by atoms with Gasteiger partial charge in [0.05, 0.1) is 11.8 Å². The van der Waals surface area contributed by atoms with Crippen LogP contribution >= 0.6 is 0 Å². The van der Waals surface area contributed by atoms with E-state index in [1.165, 1.54) is 0 Å². The molecule has 0 radical (unpaired) electrons. The standard InChI is InChI=1S/C20H17N3O2/c1-23-13-16(12-21-23)20(24)22-19(14-7-3-2-4-8-14)18-11-15-9-5-6-10-17(15)25-18/h2-13,19H,1H3,(H,22,24)/t19-/m1/s1. The molecule has 0 saturated heterocycles. The molecule has 1 amide bonds. The Kier molecular flexibility index (Phi) is 3.82. The predicted octanol–water partition coefficient (Wildman–Crippen LogP) is 3.69. The van der Waals surface area contributed by atoms with Crippen molar-refractivity contribution in [2.75, 3.05) is 0 Å². The van der Waals surface area contributed by atoms with E-state index in [-0.39, 0.29) is 11.9 Å².